The molecule has 0 fully saturated rings. The Morgan fingerprint density at radius 3 is 2.27 bits per heavy atom. The quantitative estimate of drug-likeness (QED) is 0.653. The van der Waals surface area contributed by atoms with E-state index in [-0.39, 0.29) is 5.82 Å². The molecule has 1 rings (SSSR count). The molecular formula is C13H18ClF. The van der Waals surface area contributed by atoms with Gasteiger partial charge in [0.05, 0.1) is 0 Å². The molecule has 0 amide bonds. The average Bonchev–Trinajstić information content (AvgIpc) is 2.17. The van der Waals surface area contributed by atoms with Gasteiger partial charge in [-0.1, -0.05) is 44.4 Å². The van der Waals surface area contributed by atoms with E-state index in [2.05, 4.69) is 13.8 Å². The van der Waals surface area contributed by atoms with Gasteiger partial charge >= 0.3 is 0 Å². The summed E-state index contributed by atoms with van der Waals surface area (Å²) < 4.78 is 13.7. The van der Waals surface area contributed by atoms with E-state index in [9.17, 15) is 4.39 Å². The first kappa shape index (κ1) is 12.5. The van der Waals surface area contributed by atoms with Crippen molar-refractivity contribution in [2.24, 2.45) is 0 Å². The molecule has 0 saturated heterocycles. The van der Waals surface area contributed by atoms with Gasteiger partial charge in [0.15, 0.2) is 0 Å². The molecule has 0 radical (unpaired) electrons. The molecular weight excluding hydrogens is 211 g/mol. The number of hydrogen-bond donors (Lipinski definition) is 0. The van der Waals surface area contributed by atoms with Gasteiger partial charge in [-0.15, -0.1) is 0 Å². The van der Waals surface area contributed by atoms with Crippen LogP contribution in [0.15, 0.2) is 18.2 Å². The molecule has 0 spiro atoms. The van der Waals surface area contributed by atoms with Crippen LogP contribution >= 0.6 is 11.6 Å². The highest BCUT2D eigenvalue weighted by molar-refractivity contribution is 6.30. The highest BCUT2D eigenvalue weighted by atomic mass is 35.5. The molecule has 15 heavy (non-hydrogen) atoms. The summed E-state index contributed by atoms with van der Waals surface area (Å²) in [5.41, 5.74) is 0.822. The average molecular weight is 229 g/mol. The highest BCUT2D eigenvalue weighted by Crippen LogP contribution is 2.29. The zero-order chi connectivity index (χ0) is 11.3. The van der Waals surface area contributed by atoms with E-state index >= 15 is 0 Å². The van der Waals surface area contributed by atoms with Crippen LogP contribution in [-0.2, 0) is 0 Å². The van der Waals surface area contributed by atoms with Crippen LogP contribution in [0.3, 0.4) is 0 Å². The number of benzene rings is 1. The van der Waals surface area contributed by atoms with Crippen LogP contribution in [0.4, 0.5) is 4.39 Å². The summed E-state index contributed by atoms with van der Waals surface area (Å²) in [6, 6.07) is 5.02. The topological polar surface area (TPSA) is 0 Å². The summed E-state index contributed by atoms with van der Waals surface area (Å²) >= 11 is 5.74. The van der Waals surface area contributed by atoms with Crippen molar-refractivity contribution >= 4 is 11.6 Å². The van der Waals surface area contributed by atoms with Crippen LogP contribution in [-0.4, -0.2) is 0 Å². The van der Waals surface area contributed by atoms with E-state index in [1.165, 1.54) is 6.07 Å². The monoisotopic (exact) mass is 228 g/mol. The first-order chi connectivity index (χ1) is 7.19. The van der Waals surface area contributed by atoms with Gasteiger partial charge in [0.1, 0.15) is 5.82 Å². The molecule has 0 aliphatic carbocycles. The maximum Gasteiger partial charge on any atom is 0.128 e. The molecule has 1 aromatic rings. The van der Waals surface area contributed by atoms with Crippen molar-refractivity contribution in [1.82, 2.24) is 0 Å². The van der Waals surface area contributed by atoms with E-state index in [1.807, 2.05) is 6.07 Å². The summed E-state index contributed by atoms with van der Waals surface area (Å²) in [5.74, 6) is 0.187. The third-order valence-electron chi connectivity index (χ3n) is 2.68. The fourth-order valence-electron chi connectivity index (χ4n) is 1.98. The predicted molar refractivity (Wildman–Crippen MR) is 64.0 cm³/mol. The number of halogens is 2. The normalized spacial score (nSPS) is 11.0. The van der Waals surface area contributed by atoms with Crippen molar-refractivity contribution in [2.45, 2.75) is 45.4 Å². The van der Waals surface area contributed by atoms with Crippen molar-refractivity contribution in [2.75, 3.05) is 0 Å². The maximum atomic E-state index is 13.7. The summed E-state index contributed by atoms with van der Waals surface area (Å²) in [4.78, 5) is 0. The third-order valence-corrected chi connectivity index (χ3v) is 2.91. The molecule has 0 aliphatic rings. The van der Waals surface area contributed by atoms with Gasteiger partial charge in [-0.05, 0) is 36.5 Å². The second kappa shape index (κ2) is 6.12. The van der Waals surface area contributed by atoms with Gasteiger partial charge in [-0.25, -0.2) is 4.39 Å². The standard InChI is InChI=1S/C13H18ClF/c1-3-5-10(6-4-2)12-8-7-11(14)9-13(12)15/h7-10H,3-6H2,1-2H3. The van der Waals surface area contributed by atoms with Crippen molar-refractivity contribution in [1.29, 1.82) is 0 Å². The lowest BCUT2D eigenvalue weighted by molar-refractivity contribution is 0.519. The van der Waals surface area contributed by atoms with E-state index < -0.39 is 0 Å². The molecule has 0 aliphatic heterocycles. The lowest BCUT2D eigenvalue weighted by Gasteiger charge is -2.16. The van der Waals surface area contributed by atoms with Crippen LogP contribution in [0.5, 0.6) is 0 Å². The Morgan fingerprint density at radius 2 is 1.80 bits per heavy atom. The molecule has 0 aromatic heterocycles. The molecule has 0 saturated carbocycles. The minimum absolute atomic E-state index is 0.158. The summed E-state index contributed by atoms with van der Waals surface area (Å²) in [7, 11) is 0. The fraction of sp³-hybridized carbons (Fsp3) is 0.538. The minimum Gasteiger partial charge on any atom is -0.207 e. The highest BCUT2D eigenvalue weighted by Gasteiger charge is 2.14. The van der Waals surface area contributed by atoms with Gasteiger partial charge < -0.3 is 0 Å². The van der Waals surface area contributed by atoms with Crippen LogP contribution in [0.25, 0.3) is 0 Å². The van der Waals surface area contributed by atoms with Gasteiger partial charge in [0.25, 0.3) is 0 Å². The summed E-state index contributed by atoms with van der Waals surface area (Å²) in [6.45, 7) is 4.27. The molecule has 0 atom stereocenters. The van der Waals surface area contributed by atoms with Gasteiger partial charge in [-0.2, -0.15) is 0 Å². The third kappa shape index (κ3) is 3.49. The maximum absolute atomic E-state index is 13.7. The van der Waals surface area contributed by atoms with Gasteiger partial charge in [0.2, 0.25) is 0 Å². The Bertz CT molecular complexity index is 303. The summed E-state index contributed by atoms with van der Waals surface area (Å²) in [6.07, 6.45) is 4.28. The van der Waals surface area contributed by atoms with Crippen molar-refractivity contribution < 1.29 is 4.39 Å². The molecule has 0 bridgehead atoms. The number of hydrogen-bond acceptors (Lipinski definition) is 0. The molecule has 0 nitrogen and oxygen atoms in total. The smallest absolute Gasteiger partial charge is 0.128 e. The van der Waals surface area contributed by atoms with E-state index in [0.29, 0.717) is 10.9 Å². The first-order valence-electron chi connectivity index (χ1n) is 5.64. The molecule has 84 valence electrons. The minimum atomic E-state index is -0.158. The Morgan fingerprint density at radius 1 is 1.20 bits per heavy atom. The van der Waals surface area contributed by atoms with Crippen molar-refractivity contribution in [3.8, 4) is 0 Å². The zero-order valence-electron chi connectivity index (χ0n) is 9.39. The van der Waals surface area contributed by atoms with Gasteiger partial charge in [-0.3, -0.25) is 0 Å². The molecule has 1 aromatic carbocycles. The summed E-state index contributed by atoms with van der Waals surface area (Å²) in [5, 5.41) is 0.475. The van der Waals surface area contributed by atoms with Crippen LogP contribution in [0.2, 0.25) is 5.02 Å². The van der Waals surface area contributed by atoms with Crippen LogP contribution < -0.4 is 0 Å². The number of rotatable bonds is 5. The predicted octanol–water partition coefficient (Wildman–Crippen LogP) is 5.16. The first-order valence-corrected chi connectivity index (χ1v) is 6.01. The largest absolute Gasteiger partial charge is 0.207 e. The molecule has 0 heterocycles. The Balaban J connectivity index is 2.89. The molecule has 0 unspecified atom stereocenters. The van der Waals surface area contributed by atoms with E-state index in [1.54, 1.807) is 6.07 Å². The molecule has 2 heteroatoms. The zero-order valence-corrected chi connectivity index (χ0v) is 10.1. The van der Waals surface area contributed by atoms with Crippen LogP contribution in [0.1, 0.15) is 51.0 Å². The van der Waals surface area contributed by atoms with Gasteiger partial charge in [0, 0.05) is 5.02 Å². The SMILES string of the molecule is CCCC(CCC)c1ccc(Cl)cc1F. The fourth-order valence-corrected chi connectivity index (χ4v) is 2.14. The van der Waals surface area contributed by atoms with Crippen molar-refractivity contribution in [3.63, 3.8) is 0 Å². The van der Waals surface area contributed by atoms with Crippen LogP contribution in [0, 0.1) is 5.82 Å². The van der Waals surface area contributed by atoms with Crippen molar-refractivity contribution in [3.05, 3.63) is 34.6 Å². The Labute approximate surface area is 96.5 Å². The van der Waals surface area contributed by atoms with E-state index in [4.69, 9.17) is 11.6 Å². The molecule has 0 N–H and O–H groups in total. The van der Waals surface area contributed by atoms with E-state index in [0.717, 1.165) is 31.2 Å². The Hall–Kier alpha value is -0.560. The second-order valence-electron chi connectivity index (χ2n) is 3.94. The lowest BCUT2D eigenvalue weighted by atomic mass is 9.90. The second-order valence-corrected chi connectivity index (χ2v) is 4.38. The lowest BCUT2D eigenvalue weighted by Crippen LogP contribution is -2.01. The Kier molecular flexibility index (Phi) is 5.10.